The van der Waals surface area contributed by atoms with Crippen LogP contribution in [0.5, 0.6) is 0 Å². The van der Waals surface area contributed by atoms with Crippen LogP contribution in [-0.2, 0) is 12.3 Å². The van der Waals surface area contributed by atoms with Gasteiger partial charge in [-0.15, -0.1) is 21.5 Å². The summed E-state index contributed by atoms with van der Waals surface area (Å²) in [5.74, 6) is 1.88. The number of thioether (sulfide) groups is 1. The van der Waals surface area contributed by atoms with E-state index in [2.05, 4.69) is 81.7 Å². The molecule has 5 heteroatoms. The second-order valence-electron chi connectivity index (χ2n) is 5.86. The second kappa shape index (κ2) is 7.42. The number of fused-ring (bicyclic) bond motifs is 1. The number of benzene rings is 2. The molecular weight excluding hydrogens is 346 g/mol. The summed E-state index contributed by atoms with van der Waals surface area (Å²) in [6.07, 6.45) is 1.07. The van der Waals surface area contributed by atoms with Gasteiger partial charge in [0.25, 0.3) is 0 Å². The first-order chi connectivity index (χ1) is 12.4. The molecule has 0 N–H and O–H groups in total. The van der Waals surface area contributed by atoms with E-state index >= 15 is 0 Å². The van der Waals surface area contributed by atoms with Crippen molar-refractivity contribution in [2.45, 2.75) is 30.8 Å². The number of thiophene rings is 1. The van der Waals surface area contributed by atoms with E-state index in [0.717, 1.165) is 29.7 Å². The van der Waals surface area contributed by atoms with E-state index in [1.807, 2.05) is 0 Å². The number of aromatic nitrogens is 3. The summed E-state index contributed by atoms with van der Waals surface area (Å²) in [7, 11) is 0. The molecule has 126 valence electrons. The van der Waals surface area contributed by atoms with Gasteiger partial charge in [0.2, 0.25) is 0 Å². The summed E-state index contributed by atoms with van der Waals surface area (Å²) in [4.78, 5) is 1.18. The maximum atomic E-state index is 4.47. The Morgan fingerprint density at radius 1 is 1.00 bits per heavy atom. The zero-order chi connectivity index (χ0) is 17.1. The van der Waals surface area contributed by atoms with Crippen molar-refractivity contribution in [2.24, 2.45) is 0 Å². The Morgan fingerprint density at radius 2 is 1.88 bits per heavy atom. The summed E-state index contributed by atoms with van der Waals surface area (Å²) in [6.45, 7) is 3.13. The van der Waals surface area contributed by atoms with Gasteiger partial charge in [-0.05, 0) is 34.2 Å². The fraction of sp³-hybridized carbons (Fsp3) is 0.200. The fourth-order valence-electron chi connectivity index (χ4n) is 2.97. The van der Waals surface area contributed by atoms with E-state index in [0.29, 0.717) is 0 Å². The van der Waals surface area contributed by atoms with Gasteiger partial charge in [0.05, 0.1) is 4.88 Å². The summed E-state index contributed by atoms with van der Waals surface area (Å²) >= 11 is 3.48. The monoisotopic (exact) mass is 365 g/mol. The third-order valence-corrected chi connectivity index (χ3v) is 6.02. The molecule has 0 aliphatic heterocycles. The van der Waals surface area contributed by atoms with Crippen LogP contribution in [0.15, 0.2) is 65.1 Å². The first-order valence-corrected chi connectivity index (χ1v) is 10.3. The van der Waals surface area contributed by atoms with E-state index in [9.17, 15) is 0 Å². The van der Waals surface area contributed by atoms with Crippen LogP contribution in [0.25, 0.3) is 21.5 Å². The van der Waals surface area contributed by atoms with Crippen molar-refractivity contribution in [3.63, 3.8) is 0 Å². The third-order valence-electron chi connectivity index (χ3n) is 4.14. The molecule has 4 rings (SSSR count). The lowest BCUT2D eigenvalue weighted by molar-refractivity contribution is 0.627. The lowest BCUT2D eigenvalue weighted by atomic mass is 10.1. The van der Waals surface area contributed by atoms with Gasteiger partial charge >= 0.3 is 0 Å². The molecule has 0 atom stereocenters. The predicted octanol–water partition coefficient (Wildman–Crippen LogP) is 5.86. The normalized spacial score (nSPS) is 11.2. The second-order valence-corrected chi connectivity index (χ2v) is 7.75. The molecule has 0 saturated heterocycles. The molecule has 0 saturated carbocycles. The van der Waals surface area contributed by atoms with Crippen molar-refractivity contribution < 1.29 is 0 Å². The molecule has 0 bridgehead atoms. The van der Waals surface area contributed by atoms with Crippen LogP contribution in [0.4, 0.5) is 0 Å². The van der Waals surface area contributed by atoms with Crippen LogP contribution in [0.1, 0.15) is 18.9 Å². The highest BCUT2D eigenvalue weighted by Gasteiger charge is 2.15. The smallest absolute Gasteiger partial charge is 0.191 e. The summed E-state index contributed by atoms with van der Waals surface area (Å²) in [5.41, 5.74) is 1.34. The predicted molar refractivity (Wildman–Crippen MR) is 107 cm³/mol. The van der Waals surface area contributed by atoms with Crippen LogP contribution in [0.2, 0.25) is 0 Å². The lowest BCUT2D eigenvalue weighted by Crippen LogP contribution is -2.01. The van der Waals surface area contributed by atoms with Crippen molar-refractivity contribution in [3.8, 4) is 10.7 Å². The summed E-state index contributed by atoms with van der Waals surface area (Å²) < 4.78 is 2.25. The van der Waals surface area contributed by atoms with Crippen LogP contribution in [-0.4, -0.2) is 14.8 Å². The van der Waals surface area contributed by atoms with Crippen LogP contribution in [0, 0.1) is 0 Å². The average Bonchev–Trinajstić information content (AvgIpc) is 3.30. The Hall–Kier alpha value is -2.11. The number of rotatable bonds is 6. The Bertz CT molecular complexity index is 968. The zero-order valence-electron chi connectivity index (χ0n) is 14.1. The van der Waals surface area contributed by atoms with Crippen molar-refractivity contribution >= 4 is 33.9 Å². The SMILES string of the molecule is CCCn1c(SCc2cccc3ccccc23)nnc1-c1cccs1. The molecule has 2 aromatic heterocycles. The highest BCUT2D eigenvalue weighted by atomic mass is 32.2. The molecule has 0 aliphatic carbocycles. The standard InChI is InChI=1S/C20H19N3S2/c1-2-12-23-19(18-11-6-13-24-18)21-22-20(23)25-14-16-9-5-8-15-7-3-4-10-17(15)16/h3-11,13H,2,12,14H2,1H3. The van der Waals surface area contributed by atoms with Crippen molar-refractivity contribution in [2.75, 3.05) is 0 Å². The van der Waals surface area contributed by atoms with Crippen LogP contribution >= 0.6 is 23.1 Å². The third kappa shape index (κ3) is 3.34. The lowest BCUT2D eigenvalue weighted by Gasteiger charge is -2.09. The molecule has 0 unspecified atom stereocenters. The maximum Gasteiger partial charge on any atom is 0.191 e. The molecule has 0 radical (unpaired) electrons. The molecule has 0 amide bonds. The first kappa shape index (κ1) is 16.4. The van der Waals surface area contributed by atoms with Crippen molar-refractivity contribution in [1.29, 1.82) is 0 Å². The fourth-order valence-corrected chi connectivity index (χ4v) is 4.66. The highest BCUT2D eigenvalue weighted by molar-refractivity contribution is 7.98. The van der Waals surface area contributed by atoms with Gasteiger partial charge < -0.3 is 4.57 Å². The molecule has 0 fully saturated rings. The molecule has 25 heavy (non-hydrogen) atoms. The maximum absolute atomic E-state index is 4.47. The Balaban J connectivity index is 1.62. The minimum Gasteiger partial charge on any atom is -0.301 e. The topological polar surface area (TPSA) is 30.7 Å². The molecule has 4 aromatic rings. The summed E-state index contributed by atoms with van der Waals surface area (Å²) in [6, 6.07) is 19.2. The molecule has 0 spiro atoms. The van der Waals surface area contributed by atoms with Gasteiger partial charge in [0, 0.05) is 12.3 Å². The van der Waals surface area contributed by atoms with E-state index < -0.39 is 0 Å². The van der Waals surface area contributed by atoms with Crippen molar-refractivity contribution in [3.05, 3.63) is 65.5 Å². The average molecular weight is 366 g/mol. The highest BCUT2D eigenvalue weighted by Crippen LogP contribution is 2.30. The van der Waals surface area contributed by atoms with Crippen molar-refractivity contribution in [1.82, 2.24) is 14.8 Å². The molecule has 0 aliphatic rings. The first-order valence-electron chi connectivity index (χ1n) is 8.43. The Kier molecular flexibility index (Phi) is 4.85. The summed E-state index contributed by atoms with van der Waals surface area (Å²) in [5, 5.41) is 14.6. The van der Waals surface area contributed by atoms with Crippen LogP contribution in [0.3, 0.4) is 0 Å². The molecule has 2 aromatic carbocycles. The molecule has 3 nitrogen and oxygen atoms in total. The molecule has 2 heterocycles. The largest absolute Gasteiger partial charge is 0.301 e. The van der Waals surface area contributed by atoms with Gasteiger partial charge in [-0.25, -0.2) is 0 Å². The van der Waals surface area contributed by atoms with Gasteiger partial charge in [0.1, 0.15) is 0 Å². The molecular formula is C20H19N3S2. The number of nitrogens with zero attached hydrogens (tertiary/aromatic N) is 3. The van der Waals surface area contributed by atoms with E-state index in [1.54, 1.807) is 23.1 Å². The van der Waals surface area contributed by atoms with Gasteiger partial charge in [-0.3, -0.25) is 0 Å². The van der Waals surface area contributed by atoms with E-state index in [-0.39, 0.29) is 0 Å². The minimum atomic E-state index is 0.896. The van der Waals surface area contributed by atoms with Gasteiger partial charge in [0.15, 0.2) is 11.0 Å². The number of hydrogen-bond donors (Lipinski definition) is 0. The zero-order valence-corrected chi connectivity index (χ0v) is 15.7. The van der Waals surface area contributed by atoms with E-state index in [4.69, 9.17) is 0 Å². The quantitative estimate of drug-likeness (QED) is 0.401. The Labute approximate surface area is 155 Å². The minimum absolute atomic E-state index is 0.896. The van der Waals surface area contributed by atoms with E-state index in [1.165, 1.54) is 21.2 Å². The van der Waals surface area contributed by atoms with Gasteiger partial charge in [-0.1, -0.05) is 67.2 Å². The van der Waals surface area contributed by atoms with Crippen LogP contribution < -0.4 is 0 Å². The number of hydrogen-bond acceptors (Lipinski definition) is 4. The Morgan fingerprint density at radius 3 is 2.72 bits per heavy atom. The van der Waals surface area contributed by atoms with Gasteiger partial charge in [-0.2, -0.15) is 0 Å².